The van der Waals surface area contributed by atoms with Crippen LogP contribution in [0.5, 0.6) is 0 Å². The molecule has 0 unspecified atom stereocenters. The maximum Gasteiger partial charge on any atom is 0.252 e. The van der Waals surface area contributed by atoms with Crippen molar-refractivity contribution in [2.45, 2.75) is 58.9 Å². The van der Waals surface area contributed by atoms with Crippen molar-refractivity contribution in [2.75, 3.05) is 12.0 Å². The summed E-state index contributed by atoms with van der Waals surface area (Å²) >= 11 is 0. The van der Waals surface area contributed by atoms with Crippen LogP contribution < -0.4 is 16.4 Å². The summed E-state index contributed by atoms with van der Waals surface area (Å²) < 4.78 is 1.62. The predicted molar refractivity (Wildman–Crippen MR) is 99.6 cm³/mol. The smallest absolute Gasteiger partial charge is 0.252 e. The zero-order chi connectivity index (χ0) is 19.4. The quantitative estimate of drug-likeness (QED) is 0.215. The van der Waals surface area contributed by atoms with Crippen molar-refractivity contribution in [3.8, 4) is 0 Å². The molecule has 0 aliphatic carbocycles. The number of hydrazine groups is 1. The van der Waals surface area contributed by atoms with Crippen molar-refractivity contribution in [2.24, 2.45) is 5.92 Å². The molecule has 0 aliphatic heterocycles. The summed E-state index contributed by atoms with van der Waals surface area (Å²) in [4.78, 5) is 35.0. The highest BCUT2D eigenvalue weighted by atomic mass is 16.5. The van der Waals surface area contributed by atoms with E-state index in [0.29, 0.717) is 23.7 Å². The van der Waals surface area contributed by atoms with Gasteiger partial charge in [-0.05, 0) is 18.9 Å². The van der Waals surface area contributed by atoms with E-state index in [0.717, 1.165) is 32.1 Å². The minimum absolute atomic E-state index is 0.0701. The van der Waals surface area contributed by atoms with Crippen molar-refractivity contribution in [1.82, 2.24) is 15.1 Å². The Kier molecular flexibility index (Phi) is 10.1. The first-order chi connectivity index (χ1) is 12.5. The second-order valence-corrected chi connectivity index (χ2v) is 6.34. The SMILES string of the molecule is CCCCC[C@@H](CN(O)C=O)C(=O)NNc1ccn(CCCC)c(=O)c1. The Morgan fingerprint density at radius 2 is 2.04 bits per heavy atom. The average molecular weight is 366 g/mol. The lowest BCUT2D eigenvalue weighted by molar-refractivity contribution is -0.154. The lowest BCUT2D eigenvalue weighted by atomic mass is 10.0. The highest BCUT2D eigenvalue weighted by Crippen LogP contribution is 2.12. The van der Waals surface area contributed by atoms with Gasteiger partial charge in [0.2, 0.25) is 12.3 Å². The Hall–Kier alpha value is -2.35. The second-order valence-electron chi connectivity index (χ2n) is 6.34. The summed E-state index contributed by atoms with van der Waals surface area (Å²) in [6, 6.07) is 3.14. The highest BCUT2D eigenvalue weighted by Gasteiger charge is 2.20. The monoisotopic (exact) mass is 366 g/mol. The zero-order valence-electron chi connectivity index (χ0n) is 15.6. The summed E-state index contributed by atoms with van der Waals surface area (Å²) in [5.41, 5.74) is 5.63. The van der Waals surface area contributed by atoms with E-state index < -0.39 is 5.92 Å². The third-order valence-corrected chi connectivity index (χ3v) is 4.13. The van der Waals surface area contributed by atoms with Gasteiger partial charge in [0.25, 0.3) is 5.56 Å². The molecule has 8 heteroatoms. The number of aromatic nitrogens is 1. The van der Waals surface area contributed by atoms with Crippen LogP contribution in [0.2, 0.25) is 0 Å². The molecule has 1 aromatic heterocycles. The van der Waals surface area contributed by atoms with E-state index in [1.165, 1.54) is 6.07 Å². The number of nitrogens with zero attached hydrogens (tertiary/aromatic N) is 2. The fraction of sp³-hybridized carbons (Fsp3) is 0.611. The van der Waals surface area contributed by atoms with E-state index in [1.54, 1.807) is 16.8 Å². The molecule has 2 amide bonds. The van der Waals surface area contributed by atoms with E-state index in [9.17, 15) is 19.6 Å². The topological polar surface area (TPSA) is 104 Å². The van der Waals surface area contributed by atoms with Crippen LogP contribution in [-0.2, 0) is 16.1 Å². The Bertz CT molecular complexity index is 617. The first-order valence-corrected chi connectivity index (χ1v) is 9.19. The third-order valence-electron chi connectivity index (χ3n) is 4.13. The van der Waals surface area contributed by atoms with Gasteiger partial charge in [0.05, 0.1) is 18.2 Å². The Labute approximate surface area is 154 Å². The fourth-order valence-corrected chi connectivity index (χ4v) is 2.55. The summed E-state index contributed by atoms with van der Waals surface area (Å²) in [7, 11) is 0. The molecule has 0 aliphatic rings. The molecule has 0 aromatic carbocycles. The van der Waals surface area contributed by atoms with Gasteiger partial charge in [-0.2, -0.15) is 0 Å². The predicted octanol–water partition coefficient (Wildman–Crippen LogP) is 2.14. The molecule has 1 rings (SSSR count). The van der Waals surface area contributed by atoms with Gasteiger partial charge in [0, 0.05) is 18.8 Å². The van der Waals surface area contributed by atoms with E-state index in [4.69, 9.17) is 0 Å². The molecular formula is C18H30N4O4. The standard InChI is InChI=1S/C18H30N4O4/c1-3-5-7-8-15(13-22(26)14-23)18(25)20-19-16-9-11-21(10-6-4-2)17(24)12-16/h9,11-12,14-15,19,26H,3-8,10,13H2,1-2H3,(H,20,25)/t15-/m0/s1. The molecule has 1 heterocycles. The van der Waals surface area contributed by atoms with Gasteiger partial charge in [0.15, 0.2) is 0 Å². The van der Waals surface area contributed by atoms with Crippen LogP contribution in [0.4, 0.5) is 5.69 Å². The number of carbonyl (C=O) groups is 2. The minimum Gasteiger partial charge on any atom is -0.315 e. The number of hydroxylamine groups is 2. The number of hydrogen-bond donors (Lipinski definition) is 3. The maximum absolute atomic E-state index is 12.3. The summed E-state index contributed by atoms with van der Waals surface area (Å²) in [5.74, 6) is -0.869. The molecule has 0 saturated carbocycles. The summed E-state index contributed by atoms with van der Waals surface area (Å²) in [6.07, 6.45) is 7.27. The molecule has 0 fully saturated rings. The van der Waals surface area contributed by atoms with Crippen LogP contribution in [0.25, 0.3) is 0 Å². The molecule has 1 atom stereocenters. The van der Waals surface area contributed by atoms with E-state index >= 15 is 0 Å². The number of anilines is 1. The molecule has 3 N–H and O–H groups in total. The summed E-state index contributed by atoms with van der Waals surface area (Å²) in [5, 5.41) is 9.85. The maximum atomic E-state index is 12.3. The van der Waals surface area contributed by atoms with Crippen LogP contribution in [0.15, 0.2) is 23.1 Å². The number of rotatable bonds is 13. The van der Waals surface area contributed by atoms with Crippen molar-refractivity contribution >= 4 is 18.0 Å². The van der Waals surface area contributed by atoms with Crippen molar-refractivity contribution in [1.29, 1.82) is 0 Å². The van der Waals surface area contributed by atoms with Gasteiger partial charge in [-0.25, -0.2) is 5.06 Å². The highest BCUT2D eigenvalue weighted by molar-refractivity contribution is 5.80. The number of carbonyl (C=O) groups excluding carboxylic acids is 2. The Balaban J connectivity index is 2.63. The third kappa shape index (κ3) is 7.69. The van der Waals surface area contributed by atoms with Gasteiger partial charge in [0.1, 0.15) is 0 Å². The van der Waals surface area contributed by atoms with Crippen molar-refractivity contribution < 1.29 is 14.8 Å². The Morgan fingerprint density at radius 1 is 1.31 bits per heavy atom. The summed E-state index contributed by atoms with van der Waals surface area (Å²) in [6.45, 7) is 4.72. The lowest BCUT2D eigenvalue weighted by Crippen LogP contribution is -2.40. The molecular weight excluding hydrogens is 336 g/mol. The molecule has 8 nitrogen and oxygen atoms in total. The van der Waals surface area contributed by atoms with Crippen molar-refractivity contribution in [3.05, 3.63) is 28.7 Å². The average Bonchev–Trinajstić information content (AvgIpc) is 2.64. The van der Waals surface area contributed by atoms with Crippen LogP contribution in [0, 0.1) is 5.92 Å². The largest absolute Gasteiger partial charge is 0.315 e. The Morgan fingerprint density at radius 3 is 2.65 bits per heavy atom. The van der Waals surface area contributed by atoms with Crippen LogP contribution in [0.1, 0.15) is 52.4 Å². The van der Waals surface area contributed by atoms with E-state index in [2.05, 4.69) is 24.7 Å². The molecule has 26 heavy (non-hydrogen) atoms. The number of unbranched alkanes of at least 4 members (excludes halogenated alkanes) is 3. The first-order valence-electron chi connectivity index (χ1n) is 9.19. The van der Waals surface area contributed by atoms with Crippen LogP contribution >= 0.6 is 0 Å². The molecule has 0 saturated heterocycles. The normalized spacial score (nSPS) is 11.7. The van der Waals surface area contributed by atoms with Crippen molar-refractivity contribution in [3.63, 3.8) is 0 Å². The van der Waals surface area contributed by atoms with Gasteiger partial charge < -0.3 is 4.57 Å². The molecule has 0 spiro atoms. The zero-order valence-corrected chi connectivity index (χ0v) is 15.6. The number of nitrogens with one attached hydrogen (secondary N) is 2. The van der Waals surface area contributed by atoms with E-state index in [1.807, 2.05) is 0 Å². The van der Waals surface area contributed by atoms with Crippen LogP contribution in [0.3, 0.4) is 0 Å². The number of aryl methyl sites for hydroxylation is 1. The fourth-order valence-electron chi connectivity index (χ4n) is 2.55. The van der Waals surface area contributed by atoms with Gasteiger partial charge in [-0.15, -0.1) is 0 Å². The first kappa shape index (κ1) is 21.7. The van der Waals surface area contributed by atoms with Crippen LogP contribution in [-0.4, -0.2) is 33.7 Å². The molecule has 146 valence electrons. The molecule has 0 radical (unpaired) electrons. The number of pyridine rings is 1. The number of amides is 2. The van der Waals surface area contributed by atoms with Gasteiger partial charge in [-0.1, -0.05) is 39.5 Å². The number of hydrogen-bond acceptors (Lipinski definition) is 5. The van der Waals surface area contributed by atoms with E-state index in [-0.39, 0.29) is 24.4 Å². The lowest BCUT2D eigenvalue weighted by Gasteiger charge is -2.20. The van der Waals surface area contributed by atoms with Gasteiger partial charge >= 0.3 is 0 Å². The molecule has 0 bridgehead atoms. The van der Waals surface area contributed by atoms with Gasteiger partial charge in [-0.3, -0.25) is 30.4 Å². The second kappa shape index (κ2) is 12.1. The molecule has 1 aromatic rings. The minimum atomic E-state index is -0.533.